The Bertz CT molecular complexity index is 280. The molecule has 1 heterocycles. The fourth-order valence-corrected chi connectivity index (χ4v) is 2.00. The number of ether oxygens (including phenoxy) is 1. The lowest BCUT2D eigenvalue weighted by atomic mass is 10.0. The molecular weight excluding hydrogens is 220 g/mol. The summed E-state index contributed by atoms with van der Waals surface area (Å²) in [6, 6.07) is 2.04. The van der Waals surface area contributed by atoms with Crippen LogP contribution in [0.2, 0.25) is 0 Å². The van der Waals surface area contributed by atoms with Gasteiger partial charge in [-0.2, -0.15) is 5.26 Å². The van der Waals surface area contributed by atoms with Gasteiger partial charge in [-0.25, -0.2) is 0 Å². The predicted octanol–water partition coefficient (Wildman–Crippen LogP) is 0.536. The lowest BCUT2D eigenvalue weighted by Gasteiger charge is -2.32. The lowest BCUT2D eigenvalue weighted by Crippen LogP contribution is -2.43. The van der Waals surface area contributed by atoms with Crippen LogP contribution in [0, 0.1) is 17.2 Å². The average molecular weight is 240 g/mol. The number of rotatable bonds is 5. The minimum absolute atomic E-state index is 0.0332. The van der Waals surface area contributed by atoms with Crippen molar-refractivity contribution < 1.29 is 14.6 Å². The number of nitriles is 1. The number of piperidine rings is 1. The van der Waals surface area contributed by atoms with Crippen LogP contribution in [0.1, 0.15) is 26.2 Å². The number of carbonyl (C=O) groups is 1. The Labute approximate surface area is 102 Å². The van der Waals surface area contributed by atoms with E-state index < -0.39 is 5.92 Å². The smallest absolute Gasteiger partial charge is 0.239 e. The third-order valence-corrected chi connectivity index (χ3v) is 3.06. The minimum Gasteiger partial charge on any atom is -0.394 e. The van der Waals surface area contributed by atoms with Gasteiger partial charge in [-0.3, -0.25) is 4.79 Å². The Morgan fingerprint density at radius 1 is 1.59 bits per heavy atom. The number of aliphatic hydroxyl groups is 1. The van der Waals surface area contributed by atoms with Crippen molar-refractivity contribution in [3.63, 3.8) is 0 Å². The zero-order valence-corrected chi connectivity index (χ0v) is 10.3. The zero-order chi connectivity index (χ0) is 12.7. The van der Waals surface area contributed by atoms with Crippen LogP contribution in [-0.2, 0) is 9.53 Å². The summed E-state index contributed by atoms with van der Waals surface area (Å²) < 4.78 is 5.42. The second-order valence-corrected chi connectivity index (χ2v) is 4.21. The molecule has 1 amide bonds. The Kier molecular flexibility index (Phi) is 5.95. The highest BCUT2D eigenvalue weighted by Crippen LogP contribution is 2.16. The van der Waals surface area contributed by atoms with E-state index in [1.165, 1.54) is 0 Å². The third-order valence-electron chi connectivity index (χ3n) is 3.06. The molecule has 1 fully saturated rings. The van der Waals surface area contributed by atoms with Gasteiger partial charge in [-0.15, -0.1) is 0 Å². The maximum absolute atomic E-state index is 11.9. The maximum Gasteiger partial charge on any atom is 0.239 e. The van der Waals surface area contributed by atoms with Gasteiger partial charge < -0.3 is 14.7 Å². The summed E-state index contributed by atoms with van der Waals surface area (Å²) in [6.45, 7) is 3.53. The molecule has 1 saturated heterocycles. The van der Waals surface area contributed by atoms with Crippen LogP contribution >= 0.6 is 0 Å². The number of nitrogens with zero attached hydrogens (tertiary/aromatic N) is 2. The highest BCUT2D eigenvalue weighted by molar-refractivity contribution is 5.81. The van der Waals surface area contributed by atoms with Gasteiger partial charge in [-0.05, 0) is 19.3 Å². The van der Waals surface area contributed by atoms with Crippen LogP contribution in [0.3, 0.4) is 0 Å². The summed E-state index contributed by atoms with van der Waals surface area (Å²) in [4.78, 5) is 13.6. The lowest BCUT2D eigenvalue weighted by molar-refractivity contribution is -0.136. The number of hydrogen-bond donors (Lipinski definition) is 1. The molecule has 5 nitrogen and oxygen atoms in total. The molecule has 0 aliphatic carbocycles. The largest absolute Gasteiger partial charge is 0.394 e. The molecule has 0 spiro atoms. The first-order chi connectivity index (χ1) is 8.22. The van der Waals surface area contributed by atoms with E-state index in [0.29, 0.717) is 26.1 Å². The number of likely N-dealkylation sites (tertiary alicyclic amines) is 1. The summed E-state index contributed by atoms with van der Waals surface area (Å²) in [7, 11) is 0. The molecule has 1 atom stereocenters. The average Bonchev–Trinajstić information content (AvgIpc) is 2.38. The van der Waals surface area contributed by atoms with E-state index in [1.54, 1.807) is 4.90 Å². The molecule has 0 saturated carbocycles. The van der Waals surface area contributed by atoms with E-state index in [2.05, 4.69) is 0 Å². The van der Waals surface area contributed by atoms with Crippen molar-refractivity contribution in [3.05, 3.63) is 0 Å². The summed E-state index contributed by atoms with van der Waals surface area (Å²) in [5, 5.41) is 17.5. The quantitative estimate of drug-likeness (QED) is 0.761. The number of amides is 1. The van der Waals surface area contributed by atoms with Gasteiger partial charge >= 0.3 is 0 Å². The van der Waals surface area contributed by atoms with Crippen molar-refractivity contribution in [2.45, 2.75) is 32.3 Å². The van der Waals surface area contributed by atoms with Crippen molar-refractivity contribution in [2.24, 2.45) is 5.92 Å². The Balaban J connectivity index is 2.36. The van der Waals surface area contributed by atoms with Gasteiger partial charge in [0.2, 0.25) is 5.91 Å². The molecular formula is C12H20N2O3. The minimum atomic E-state index is -0.509. The van der Waals surface area contributed by atoms with Crippen LogP contribution in [0.5, 0.6) is 0 Å². The fourth-order valence-electron chi connectivity index (χ4n) is 2.00. The first kappa shape index (κ1) is 13.9. The first-order valence-corrected chi connectivity index (χ1v) is 6.13. The number of hydrogen-bond acceptors (Lipinski definition) is 4. The van der Waals surface area contributed by atoms with Crippen molar-refractivity contribution in [2.75, 3.05) is 26.3 Å². The molecule has 1 aliphatic rings. The molecule has 17 heavy (non-hydrogen) atoms. The number of carbonyl (C=O) groups excluding carboxylic acids is 1. The van der Waals surface area contributed by atoms with Gasteiger partial charge in [0, 0.05) is 13.1 Å². The molecule has 1 aliphatic heterocycles. The molecule has 1 unspecified atom stereocenters. The normalized spacial score (nSPS) is 18.8. The van der Waals surface area contributed by atoms with E-state index in [0.717, 1.165) is 12.8 Å². The molecule has 0 aromatic carbocycles. The summed E-state index contributed by atoms with van der Waals surface area (Å²) in [5.74, 6) is -0.569. The molecule has 0 aromatic rings. The van der Waals surface area contributed by atoms with Gasteiger partial charge in [0.25, 0.3) is 0 Å². The second-order valence-electron chi connectivity index (χ2n) is 4.21. The van der Waals surface area contributed by atoms with Gasteiger partial charge in [0.15, 0.2) is 0 Å². The third kappa shape index (κ3) is 3.99. The van der Waals surface area contributed by atoms with Crippen LogP contribution in [-0.4, -0.2) is 48.3 Å². The standard InChI is InChI=1S/C12H20N2O3/c1-2-10(9-13)12(16)14-5-3-11(4-6-14)17-8-7-15/h10-11,15H,2-8H2,1H3. The second kappa shape index (κ2) is 7.25. The molecule has 1 rings (SSSR count). The van der Waals surface area contributed by atoms with Gasteiger partial charge in [0.05, 0.1) is 25.4 Å². The zero-order valence-electron chi connectivity index (χ0n) is 10.3. The van der Waals surface area contributed by atoms with Crippen LogP contribution in [0.25, 0.3) is 0 Å². The molecule has 0 aromatic heterocycles. The van der Waals surface area contributed by atoms with E-state index in [4.69, 9.17) is 15.1 Å². The predicted molar refractivity (Wildman–Crippen MR) is 62.0 cm³/mol. The van der Waals surface area contributed by atoms with Crippen molar-refractivity contribution in [1.82, 2.24) is 4.90 Å². The molecule has 96 valence electrons. The number of aliphatic hydroxyl groups excluding tert-OH is 1. The summed E-state index contributed by atoms with van der Waals surface area (Å²) in [5.41, 5.74) is 0. The van der Waals surface area contributed by atoms with Crippen LogP contribution in [0.15, 0.2) is 0 Å². The molecule has 0 bridgehead atoms. The topological polar surface area (TPSA) is 73.6 Å². The van der Waals surface area contributed by atoms with Crippen LogP contribution < -0.4 is 0 Å². The van der Waals surface area contributed by atoms with Gasteiger partial charge in [-0.1, -0.05) is 6.92 Å². The SMILES string of the molecule is CCC(C#N)C(=O)N1CCC(OCCO)CC1. The fraction of sp³-hybridized carbons (Fsp3) is 0.833. The van der Waals surface area contributed by atoms with Crippen molar-refractivity contribution in [1.29, 1.82) is 5.26 Å². The maximum atomic E-state index is 11.9. The highest BCUT2D eigenvalue weighted by Gasteiger charge is 2.27. The van der Waals surface area contributed by atoms with E-state index in [-0.39, 0.29) is 18.6 Å². The van der Waals surface area contributed by atoms with E-state index in [9.17, 15) is 4.79 Å². The Morgan fingerprint density at radius 2 is 2.24 bits per heavy atom. The molecule has 1 N–H and O–H groups in total. The molecule has 0 radical (unpaired) electrons. The Morgan fingerprint density at radius 3 is 2.71 bits per heavy atom. The van der Waals surface area contributed by atoms with E-state index in [1.807, 2.05) is 13.0 Å². The monoisotopic (exact) mass is 240 g/mol. The van der Waals surface area contributed by atoms with Crippen LogP contribution in [0.4, 0.5) is 0 Å². The highest BCUT2D eigenvalue weighted by atomic mass is 16.5. The van der Waals surface area contributed by atoms with E-state index >= 15 is 0 Å². The summed E-state index contributed by atoms with van der Waals surface area (Å²) in [6.07, 6.45) is 2.27. The van der Waals surface area contributed by atoms with Crippen molar-refractivity contribution >= 4 is 5.91 Å². The van der Waals surface area contributed by atoms with Crippen molar-refractivity contribution in [3.8, 4) is 6.07 Å². The first-order valence-electron chi connectivity index (χ1n) is 6.13. The molecule has 5 heteroatoms. The van der Waals surface area contributed by atoms with Gasteiger partial charge in [0.1, 0.15) is 5.92 Å². The summed E-state index contributed by atoms with van der Waals surface area (Å²) >= 11 is 0. The Hall–Kier alpha value is -1.12.